The number of piperazine rings is 1. The van der Waals surface area contributed by atoms with Crippen LogP contribution in [-0.2, 0) is 5.75 Å². The monoisotopic (exact) mass is 411 g/mol. The molecule has 1 fully saturated rings. The molecule has 1 aliphatic rings. The van der Waals surface area contributed by atoms with Gasteiger partial charge in [0.1, 0.15) is 0 Å². The van der Waals surface area contributed by atoms with Crippen molar-refractivity contribution in [3.05, 3.63) is 65.8 Å². The first-order valence-electron chi connectivity index (χ1n) is 9.11. The van der Waals surface area contributed by atoms with Gasteiger partial charge in [-0.05, 0) is 29.8 Å². The molecule has 3 aromatic rings. The number of aromatic nitrogens is 2. The van der Waals surface area contributed by atoms with Crippen molar-refractivity contribution in [2.45, 2.75) is 10.8 Å². The number of urea groups is 1. The second kappa shape index (κ2) is 9.07. The van der Waals surface area contributed by atoms with Crippen molar-refractivity contribution >= 4 is 39.9 Å². The number of nitrogens with one attached hydrogen (secondary N) is 1. The van der Waals surface area contributed by atoms with E-state index < -0.39 is 0 Å². The van der Waals surface area contributed by atoms with Gasteiger partial charge in [-0.1, -0.05) is 18.2 Å². The number of thioether (sulfide) groups is 1. The van der Waals surface area contributed by atoms with Gasteiger partial charge in [0.15, 0.2) is 5.13 Å². The van der Waals surface area contributed by atoms with E-state index in [1.165, 1.54) is 0 Å². The minimum Gasteiger partial charge on any atom is -0.345 e. The highest BCUT2D eigenvalue weighted by Gasteiger charge is 2.22. The highest BCUT2D eigenvalue weighted by atomic mass is 32.2. The Bertz CT molecular complexity index is 896. The molecule has 2 aromatic heterocycles. The molecule has 2 amide bonds. The van der Waals surface area contributed by atoms with Crippen molar-refractivity contribution in [3.8, 4) is 0 Å². The Hall–Kier alpha value is -2.58. The van der Waals surface area contributed by atoms with Crippen LogP contribution in [0.1, 0.15) is 5.56 Å². The van der Waals surface area contributed by atoms with Gasteiger partial charge >= 0.3 is 6.03 Å². The molecule has 8 heteroatoms. The van der Waals surface area contributed by atoms with Crippen LogP contribution >= 0.6 is 23.1 Å². The molecule has 0 spiro atoms. The topological polar surface area (TPSA) is 61.4 Å². The Morgan fingerprint density at radius 1 is 1.07 bits per heavy atom. The third kappa shape index (κ3) is 4.82. The second-order valence-electron chi connectivity index (χ2n) is 6.38. The predicted molar refractivity (Wildman–Crippen MR) is 115 cm³/mol. The minimum absolute atomic E-state index is 0.0479. The highest BCUT2D eigenvalue weighted by molar-refractivity contribution is 7.98. The zero-order valence-electron chi connectivity index (χ0n) is 15.3. The molecule has 1 aliphatic heterocycles. The fourth-order valence-corrected chi connectivity index (χ4v) is 4.51. The number of rotatable bonds is 5. The lowest BCUT2D eigenvalue weighted by Crippen LogP contribution is -2.50. The summed E-state index contributed by atoms with van der Waals surface area (Å²) in [6, 6.07) is 13.9. The van der Waals surface area contributed by atoms with Gasteiger partial charge in [0.05, 0.1) is 5.03 Å². The summed E-state index contributed by atoms with van der Waals surface area (Å²) < 4.78 is 0. The van der Waals surface area contributed by atoms with E-state index in [1.54, 1.807) is 29.3 Å². The summed E-state index contributed by atoms with van der Waals surface area (Å²) in [5.74, 6) is 0.813. The van der Waals surface area contributed by atoms with E-state index in [2.05, 4.69) is 26.3 Å². The van der Waals surface area contributed by atoms with Gasteiger partial charge in [-0.2, -0.15) is 0 Å². The highest BCUT2D eigenvalue weighted by Crippen LogP contribution is 2.23. The van der Waals surface area contributed by atoms with Crippen LogP contribution in [0.4, 0.5) is 15.6 Å². The molecule has 0 saturated carbocycles. The molecule has 0 bridgehead atoms. The lowest BCUT2D eigenvalue weighted by atomic mass is 10.2. The molecule has 0 unspecified atom stereocenters. The Morgan fingerprint density at radius 2 is 1.96 bits per heavy atom. The summed E-state index contributed by atoms with van der Waals surface area (Å²) in [7, 11) is 0. The fraction of sp³-hybridized carbons (Fsp3) is 0.250. The molecule has 4 rings (SSSR count). The maximum atomic E-state index is 12.6. The van der Waals surface area contributed by atoms with E-state index in [1.807, 2.05) is 52.9 Å². The molecule has 0 aliphatic carbocycles. The van der Waals surface area contributed by atoms with E-state index >= 15 is 0 Å². The van der Waals surface area contributed by atoms with E-state index in [0.717, 1.165) is 40.3 Å². The van der Waals surface area contributed by atoms with Gasteiger partial charge in [-0.3, -0.25) is 0 Å². The Kier molecular flexibility index (Phi) is 6.08. The van der Waals surface area contributed by atoms with Gasteiger partial charge < -0.3 is 15.1 Å². The van der Waals surface area contributed by atoms with Crippen LogP contribution < -0.4 is 10.2 Å². The van der Waals surface area contributed by atoms with Crippen molar-refractivity contribution in [2.24, 2.45) is 0 Å². The first-order valence-corrected chi connectivity index (χ1v) is 11.0. The van der Waals surface area contributed by atoms with E-state index in [4.69, 9.17) is 0 Å². The standard InChI is InChI=1S/C20H21N5OS2/c26-19(24-9-11-25(12-10-24)20-22-8-13-27-20)23-17-5-3-4-16(14-17)15-28-18-6-1-2-7-21-18/h1-8,13-14H,9-12,15H2,(H,23,26). The lowest BCUT2D eigenvalue weighted by Gasteiger charge is -2.34. The largest absolute Gasteiger partial charge is 0.345 e. The maximum absolute atomic E-state index is 12.6. The van der Waals surface area contributed by atoms with Crippen molar-refractivity contribution < 1.29 is 4.79 Å². The molecule has 0 radical (unpaired) electrons. The normalized spacial score (nSPS) is 14.1. The van der Waals surface area contributed by atoms with Crippen LogP contribution in [0, 0.1) is 0 Å². The summed E-state index contributed by atoms with van der Waals surface area (Å²) in [5, 5.41) is 7.03. The Labute approximate surface area is 172 Å². The maximum Gasteiger partial charge on any atom is 0.321 e. The van der Waals surface area contributed by atoms with Gasteiger partial charge in [-0.25, -0.2) is 14.8 Å². The van der Waals surface area contributed by atoms with Crippen LogP contribution in [0.3, 0.4) is 0 Å². The van der Waals surface area contributed by atoms with Crippen molar-refractivity contribution in [1.29, 1.82) is 0 Å². The molecule has 3 heterocycles. The lowest BCUT2D eigenvalue weighted by molar-refractivity contribution is 0.208. The zero-order chi connectivity index (χ0) is 19.2. The van der Waals surface area contributed by atoms with Crippen molar-refractivity contribution in [2.75, 3.05) is 36.4 Å². The molecular formula is C20H21N5OS2. The fourth-order valence-electron chi connectivity index (χ4n) is 3.00. The molecule has 1 N–H and O–H groups in total. The number of thiazole rings is 1. The first-order chi connectivity index (χ1) is 13.8. The third-order valence-corrected chi connectivity index (χ3v) is 6.31. The van der Waals surface area contributed by atoms with Crippen molar-refractivity contribution in [3.63, 3.8) is 0 Å². The van der Waals surface area contributed by atoms with Gasteiger partial charge in [0.25, 0.3) is 0 Å². The number of pyridine rings is 1. The van der Waals surface area contributed by atoms with Gasteiger partial charge in [0, 0.05) is 55.4 Å². The molecule has 1 aromatic carbocycles. The first kappa shape index (κ1) is 18.8. The number of benzene rings is 1. The molecule has 1 saturated heterocycles. The van der Waals surface area contributed by atoms with Crippen LogP contribution in [0.2, 0.25) is 0 Å². The number of hydrogen-bond acceptors (Lipinski definition) is 6. The smallest absolute Gasteiger partial charge is 0.321 e. The quantitative estimate of drug-likeness (QED) is 0.638. The minimum atomic E-state index is -0.0479. The molecule has 0 atom stereocenters. The number of hydrogen-bond donors (Lipinski definition) is 1. The van der Waals surface area contributed by atoms with Gasteiger partial charge in [-0.15, -0.1) is 23.1 Å². The van der Waals surface area contributed by atoms with E-state index in [-0.39, 0.29) is 6.03 Å². The average molecular weight is 412 g/mol. The van der Waals surface area contributed by atoms with Crippen LogP contribution in [0.15, 0.2) is 65.3 Å². The number of nitrogens with zero attached hydrogens (tertiary/aromatic N) is 4. The Balaban J connectivity index is 1.30. The van der Waals surface area contributed by atoms with E-state index in [9.17, 15) is 4.79 Å². The van der Waals surface area contributed by atoms with Crippen LogP contribution in [0.25, 0.3) is 0 Å². The van der Waals surface area contributed by atoms with Crippen LogP contribution in [-0.4, -0.2) is 47.1 Å². The second-order valence-corrected chi connectivity index (χ2v) is 8.24. The third-order valence-electron chi connectivity index (χ3n) is 4.46. The summed E-state index contributed by atoms with van der Waals surface area (Å²) >= 11 is 3.32. The molecular weight excluding hydrogens is 390 g/mol. The molecule has 144 valence electrons. The molecule has 6 nitrogen and oxygen atoms in total. The number of carbonyl (C=O) groups is 1. The number of carbonyl (C=O) groups excluding carboxylic acids is 1. The van der Waals surface area contributed by atoms with Crippen LogP contribution in [0.5, 0.6) is 0 Å². The number of amides is 2. The zero-order valence-corrected chi connectivity index (χ0v) is 17.0. The van der Waals surface area contributed by atoms with Crippen molar-refractivity contribution in [1.82, 2.24) is 14.9 Å². The average Bonchev–Trinajstić information content (AvgIpc) is 3.28. The summed E-state index contributed by atoms with van der Waals surface area (Å²) in [4.78, 5) is 25.4. The van der Waals surface area contributed by atoms with E-state index in [0.29, 0.717) is 13.1 Å². The predicted octanol–water partition coefficient (Wildman–Crippen LogP) is 4.18. The number of anilines is 2. The summed E-state index contributed by atoms with van der Waals surface area (Å²) in [6.07, 6.45) is 3.62. The summed E-state index contributed by atoms with van der Waals surface area (Å²) in [5.41, 5.74) is 1.98. The Morgan fingerprint density at radius 3 is 2.71 bits per heavy atom. The SMILES string of the molecule is O=C(Nc1cccc(CSc2ccccn2)c1)N1CCN(c2nccs2)CC1. The molecule has 28 heavy (non-hydrogen) atoms. The van der Waals surface area contributed by atoms with Gasteiger partial charge in [0.2, 0.25) is 0 Å². The summed E-state index contributed by atoms with van der Waals surface area (Å²) in [6.45, 7) is 3.00.